The summed E-state index contributed by atoms with van der Waals surface area (Å²) in [6.45, 7) is 0.873. The second kappa shape index (κ2) is 7.26. The van der Waals surface area contributed by atoms with Crippen molar-refractivity contribution in [1.29, 1.82) is 0 Å². The van der Waals surface area contributed by atoms with Gasteiger partial charge in [0.05, 0.1) is 10.0 Å². The number of hydrogen-bond acceptors (Lipinski definition) is 6. The fourth-order valence-electron chi connectivity index (χ4n) is 3.45. The van der Waals surface area contributed by atoms with E-state index in [1.165, 1.54) is 16.0 Å². The van der Waals surface area contributed by atoms with Crippen molar-refractivity contribution in [3.63, 3.8) is 0 Å². The predicted molar refractivity (Wildman–Crippen MR) is 107 cm³/mol. The zero-order chi connectivity index (χ0) is 18.1. The molecule has 0 bridgehead atoms. The number of nitrogens with two attached hydrogens (primary N) is 2. The van der Waals surface area contributed by atoms with E-state index in [9.17, 15) is 0 Å². The zero-order valence-electron chi connectivity index (χ0n) is 14.3. The Balaban J connectivity index is 1.45. The Labute approximate surface area is 161 Å². The zero-order valence-corrected chi connectivity index (χ0v) is 15.9. The summed E-state index contributed by atoms with van der Waals surface area (Å²) in [5.74, 6) is 0.501. The summed E-state index contributed by atoms with van der Waals surface area (Å²) in [6, 6.07) is 10.9. The van der Waals surface area contributed by atoms with Gasteiger partial charge in [-0.25, -0.2) is 0 Å². The highest BCUT2D eigenvalue weighted by molar-refractivity contribution is 7.16. The van der Waals surface area contributed by atoms with Gasteiger partial charge < -0.3 is 16.8 Å². The monoisotopic (exact) mass is 388 g/mol. The third kappa shape index (κ3) is 3.70. The molecule has 1 aliphatic carbocycles. The number of hydrogen-bond donors (Lipinski definition) is 3. The second-order valence-electron chi connectivity index (χ2n) is 6.55. The van der Waals surface area contributed by atoms with Crippen LogP contribution in [-0.2, 0) is 19.4 Å². The van der Waals surface area contributed by atoms with E-state index in [-0.39, 0.29) is 5.95 Å². The minimum Gasteiger partial charge on any atom is -0.368 e. The highest BCUT2D eigenvalue weighted by Crippen LogP contribution is 2.25. The summed E-state index contributed by atoms with van der Waals surface area (Å²) in [6.07, 6.45) is 4.32. The standard InChI is InChI=1S/C18H21ClN6S/c19-16-8-7-15(26-16)10-22-13-4-1-11-3-6-14(9-12(11)2-5-13)25-18(21)23-17(20)24-25/h3,6-9,13,22H,1-2,4-5,10H2,(H4,20,21,23,24)/t13-/m0/s1. The number of aryl methyl sites for hydroxylation is 2. The SMILES string of the molecule is Nc1nc(N)n(-c2ccc3c(c2)CC[C@@H](NCc2ccc(Cl)s2)CC3)n1. The largest absolute Gasteiger partial charge is 0.368 e. The van der Waals surface area contributed by atoms with Crippen molar-refractivity contribution >= 4 is 34.8 Å². The van der Waals surface area contributed by atoms with Gasteiger partial charge in [-0.15, -0.1) is 16.4 Å². The maximum absolute atomic E-state index is 6.01. The number of nitrogens with zero attached hydrogens (tertiary/aromatic N) is 3. The summed E-state index contributed by atoms with van der Waals surface area (Å²) in [5.41, 5.74) is 15.2. The number of benzene rings is 1. The molecule has 0 spiro atoms. The van der Waals surface area contributed by atoms with E-state index >= 15 is 0 Å². The van der Waals surface area contributed by atoms with Crippen molar-refractivity contribution in [3.8, 4) is 5.69 Å². The normalized spacial score (nSPS) is 17.0. The van der Waals surface area contributed by atoms with Crippen molar-refractivity contribution in [2.24, 2.45) is 0 Å². The van der Waals surface area contributed by atoms with E-state index in [1.54, 1.807) is 16.0 Å². The molecule has 5 N–H and O–H groups in total. The van der Waals surface area contributed by atoms with Crippen LogP contribution in [0.4, 0.5) is 11.9 Å². The average Bonchev–Trinajstić information content (AvgIpc) is 3.12. The molecule has 26 heavy (non-hydrogen) atoms. The molecule has 1 aromatic carbocycles. The molecule has 4 rings (SSSR count). The Kier molecular flexibility index (Phi) is 4.84. The van der Waals surface area contributed by atoms with Gasteiger partial charge in [0.1, 0.15) is 0 Å². The van der Waals surface area contributed by atoms with Gasteiger partial charge >= 0.3 is 0 Å². The van der Waals surface area contributed by atoms with Gasteiger partial charge in [0.25, 0.3) is 0 Å². The summed E-state index contributed by atoms with van der Waals surface area (Å²) in [7, 11) is 0. The molecule has 3 aromatic rings. The number of aromatic nitrogens is 3. The van der Waals surface area contributed by atoms with Crippen LogP contribution in [0, 0.1) is 0 Å². The van der Waals surface area contributed by atoms with Crippen LogP contribution >= 0.6 is 22.9 Å². The third-order valence-corrected chi connectivity index (χ3v) is 6.03. The predicted octanol–water partition coefficient (Wildman–Crippen LogP) is 3.18. The Hall–Kier alpha value is -2.09. The van der Waals surface area contributed by atoms with Gasteiger partial charge in [-0.05, 0) is 61.1 Å². The minimum absolute atomic E-state index is 0.190. The summed E-state index contributed by atoms with van der Waals surface area (Å²) < 4.78 is 2.44. The van der Waals surface area contributed by atoms with Gasteiger partial charge in [0.15, 0.2) is 0 Å². The lowest BCUT2D eigenvalue weighted by molar-refractivity contribution is 0.464. The molecule has 1 aliphatic rings. The van der Waals surface area contributed by atoms with Crippen molar-refractivity contribution in [2.45, 2.75) is 38.3 Å². The molecule has 0 amide bonds. The fraction of sp³-hybridized carbons (Fsp3) is 0.333. The first kappa shape index (κ1) is 17.3. The van der Waals surface area contributed by atoms with Crippen LogP contribution in [0.1, 0.15) is 28.8 Å². The Bertz CT molecular complexity index is 918. The van der Waals surface area contributed by atoms with Crippen LogP contribution in [0.25, 0.3) is 5.69 Å². The first-order valence-corrected chi connectivity index (χ1v) is 9.86. The Morgan fingerprint density at radius 1 is 1.15 bits per heavy atom. The van der Waals surface area contributed by atoms with Crippen molar-refractivity contribution in [1.82, 2.24) is 20.1 Å². The maximum Gasteiger partial charge on any atom is 0.241 e. The molecule has 2 aromatic heterocycles. The minimum atomic E-state index is 0.190. The molecule has 0 saturated carbocycles. The van der Waals surface area contributed by atoms with Gasteiger partial charge in [0, 0.05) is 17.5 Å². The van der Waals surface area contributed by atoms with Crippen LogP contribution < -0.4 is 16.8 Å². The molecule has 6 nitrogen and oxygen atoms in total. The van der Waals surface area contributed by atoms with E-state index in [0.717, 1.165) is 42.3 Å². The van der Waals surface area contributed by atoms with E-state index in [0.29, 0.717) is 12.0 Å². The number of fused-ring (bicyclic) bond motifs is 1. The molecule has 0 fully saturated rings. The van der Waals surface area contributed by atoms with E-state index in [4.69, 9.17) is 23.1 Å². The molecular formula is C18H21ClN6S. The molecule has 1 atom stereocenters. The number of nitrogen functional groups attached to an aromatic ring is 2. The molecule has 0 unspecified atom stereocenters. The quantitative estimate of drug-likeness (QED) is 0.596. The number of thiophene rings is 1. The lowest BCUT2D eigenvalue weighted by Gasteiger charge is -2.15. The van der Waals surface area contributed by atoms with E-state index < -0.39 is 0 Å². The summed E-state index contributed by atoms with van der Waals surface area (Å²) in [5, 5.41) is 7.84. The van der Waals surface area contributed by atoms with Gasteiger partial charge in [-0.2, -0.15) is 9.67 Å². The van der Waals surface area contributed by atoms with Crippen LogP contribution in [0.2, 0.25) is 4.34 Å². The van der Waals surface area contributed by atoms with Gasteiger partial charge in [-0.1, -0.05) is 17.7 Å². The van der Waals surface area contributed by atoms with Crippen LogP contribution in [0.3, 0.4) is 0 Å². The van der Waals surface area contributed by atoms with Crippen LogP contribution in [0.5, 0.6) is 0 Å². The van der Waals surface area contributed by atoms with Crippen molar-refractivity contribution < 1.29 is 0 Å². The maximum atomic E-state index is 6.01. The molecule has 2 heterocycles. The van der Waals surface area contributed by atoms with Gasteiger partial charge in [-0.3, -0.25) is 0 Å². The lowest BCUT2D eigenvalue weighted by atomic mass is 10.0. The smallest absolute Gasteiger partial charge is 0.241 e. The molecule has 8 heteroatoms. The topological polar surface area (TPSA) is 94.8 Å². The first-order chi connectivity index (χ1) is 12.6. The van der Waals surface area contributed by atoms with E-state index in [2.05, 4.69) is 33.6 Å². The number of anilines is 2. The Morgan fingerprint density at radius 2 is 1.96 bits per heavy atom. The fourth-order valence-corrected chi connectivity index (χ4v) is 4.49. The van der Waals surface area contributed by atoms with Crippen LogP contribution in [0.15, 0.2) is 30.3 Å². The first-order valence-electron chi connectivity index (χ1n) is 8.66. The molecular weight excluding hydrogens is 368 g/mol. The molecule has 0 aliphatic heterocycles. The molecule has 136 valence electrons. The number of halogens is 1. The molecule has 0 saturated heterocycles. The molecule has 0 radical (unpaired) electrons. The second-order valence-corrected chi connectivity index (χ2v) is 8.35. The average molecular weight is 389 g/mol. The van der Waals surface area contributed by atoms with E-state index in [1.807, 2.05) is 12.1 Å². The Morgan fingerprint density at radius 3 is 2.65 bits per heavy atom. The van der Waals surface area contributed by atoms with Gasteiger partial charge in [0.2, 0.25) is 11.9 Å². The van der Waals surface area contributed by atoms with Crippen LogP contribution in [-0.4, -0.2) is 20.8 Å². The lowest BCUT2D eigenvalue weighted by Crippen LogP contribution is -2.28. The summed E-state index contributed by atoms with van der Waals surface area (Å²) >= 11 is 7.65. The highest BCUT2D eigenvalue weighted by Gasteiger charge is 2.17. The number of nitrogens with one attached hydrogen (secondary N) is 1. The highest BCUT2D eigenvalue weighted by atomic mass is 35.5. The summed E-state index contributed by atoms with van der Waals surface area (Å²) in [4.78, 5) is 5.25. The van der Waals surface area contributed by atoms with Crippen molar-refractivity contribution in [3.05, 3.63) is 50.7 Å². The van der Waals surface area contributed by atoms with Crippen molar-refractivity contribution in [2.75, 3.05) is 11.5 Å². The number of rotatable bonds is 4. The third-order valence-electron chi connectivity index (χ3n) is 4.80.